The molecule has 6 nitrogen and oxygen atoms in total. The quantitative estimate of drug-likeness (QED) is 0.622. The molecule has 0 atom stereocenters. The van der Waals surface area contributed by atoms with Crippen LogP contribution in [0.3, 0.4) is 0 Å². The zero-order valence-corrected chi connectivity index (χ0v) is 14.1. The Balaban J connectivity index is 1.91. The number of H-pyrrole nitrogens is 1. The van der Waals surface area contributed by atoms with Crippen LogP contribution in [-0.4, -0.2) is 33.7 Å². The highest BCUT2D eigenvalue weighted by atomic mass is 32.2. The third-order valence-corrected chi connectivity index (χ3v) is 5.93. The summed E-state index contributed by atoms with van der Waals surface area (Å²) in [5.74, 6) is 0.757. The van der Waals surface area contributed by atoms with Crippen LogP contribution in [0.5, 0.6) is 0 Å². The minimum absolute atomic E-state index is 0.0761. The predicted molar refractivity (Wildman–Crippen MR) is 93.5 cm³/mol. The molecule has 1 N–H and O–H groups in total. The lowest BCUT2D eigenvalue weighted by molar-refractivity contribution is 0.597. The van der Waals surface area contributed by atoms with Crippen LogP contribution in [-0.2, 0) is 16.9 Å². The van der Waals surface area contributed by atoms with Gasteiger partial charge in [-0.1, -0.05) is 13.0 Å². The summed E-state index contributed by atoms with van der Waals surface area (Å²) in [6.07, 6.45) is 1.77. The van der Waals surface area contributed by atoms with Crippen LogP contribution in [0.4, 0.5) is 0 Å². The Morgan fingerprint density at radius 1 is 1.21 bits per heavy atom. The molecule has 0 aliphatic rings. The third-order valence-electron chi connectivity index (χ3n) is 4.20. The van der Waals surface area contributed by atoms with E-state index in [4.69, 9.17) is 0 Å². The number of benzene rings is 2. The van der Waals surface area contributed by atoms with Gasteiger partial charge in [0.25, 0.3) is 0 Å². The number of aromatic amines is 1. The first-order valence-corrected chi connectivity index (χ1v) is 9.28. The van der Waals surface area contributed by atoms with Crippen molar-refractivity contribution >= 4 is 31.9 Å². The van der Waals surface area contributed by atoms with Crippen LogP contribution < -0.4 is 0 Å². The number of hydrogen-bond donors (Lipinski definition) is 1. The van der Waals surface area contributed by atoms with Crippen molar-refractivity contribution < 1.29 is 8.42 Å². The summed E-state index contributed by atoms with van der Waals surface area (Å²) in [5, 5.41) is 0. The van der Waals surface area contributed by atoms with E-state index in [0.717, 1.165) is 22.1 Å². The van der Waals surface area contributed by atoms with Gasteiger partial charge in [-0.2, -0.15) is 0 Å². The molecular formula is C17H16N4O2S. The molecule has 0 saturated heterocycles. The first kappa shape index (κ1) is 14.9. The first-order chi connectivity index (χ1) is 11.5. The normalized spacial score (nSPS) is 12.2. The lowest BCUT2D eigenvalue weighted by Crippen LogP contribution is -2.03. The molecule has 122 valence electrons. The van der Waals surface area contributed by atoms with Gasteiger partial charge < -0.3 is 9.55 Å². The highest BCUT2D eigenvalue weighted by molar-refractivity contribution is 7.91. The monoisotopic (exact) mass is 340 g/mol. The molecule has 4 rings (SSSR count). The van der Waals surface area contributed by atoms with Crippen LogP contribution in [0.2, 0.25) is 0 Å². The molecule has 4 aromatic rings. The molecule has 2 aromatic heterocycles. The summed E-state index contributed by atoms with van der Waals surface area (Å²) in [5.41, 5.74) is 4.20. The molecule has 0 spiro atoms. The Morgan fingerprint density at radius 2 is 2.04 bits per heavy atom. The van der Waals surface area contributed by atoms with Crippen LogP contribution in [0.25, 0.3) is 33.5 Å². The van der Waals surface area contributed by atoms with Crippen molar-refractivity contribution in [3.63, 3.8) is 0 Å². The topological polar surface area (TPSA) is 80.6 Å². The zero-order chi connectivity index (χ0) is 16.9. The summed E-state index contributed by atoms with van der Waals surface area (Å²) >= 11 is 0. The SMILES string of the molecule is CCS(=O)(=O)c1ccc2nc(-c3cccc4c3ncn4C)[nH]c2c1. The molecule has 0 amide bonds. The van der Waals surface area contributed by atoms with Crippen LogP contribution in [0.1, 0.15) is 6.92 Å². The second-order valence-corrected chi connectivity index (χ2v) is 7.97. The van der Waals surface area contributed by atoms with Crippen molar-refractivity contribution in [1.82, 2.24) is 19.5 Å². The van der Waals surface area contributed by atoms with E-state index < -0.39 is 9.84 Å². The van der Waals surface area contributed by atoms with Gasteiger partial charge in [-0.25, -0.2) is 18.4 Å². The Bertz CT molecular complexity index is 1170. The molecule has 2 heterocycles. The third kappa shape index (κ3) is 2.20. The molecule has 0 radical (unpaired) electrons. The number of nitrogens with zero attached hydrogens (tertiary/aromatic N) is 3. The molecule has 24 heavy (non-hydrogen) atoms. The van der Waals surface area contributed by atoms with Gasteiger partial charge in [-0.3, -0.25) is 0 Å². The van der Waals surface area contributed by atoms with Gasteiger partial charge in [0, 0.05) is 12.6 Å². The summed E-state index contributed by atoms with van der Waals surface area (Å²) in [7, 11) is -1.30. The molecule has 0 unspecified atom stereocenters. The second-order valence-electron chi connectivity index (χ2n) is 5.70. The average Bonchev–Trinajstić information content (AvgIpc) is 3.18. The minimum Gasteiger partial charge on any atom is -0.338 e. The van der Waals surface area contributed by atoms with Gasteiger partial charge in [-0.05, 0) is 30.3 Å². The molecule has 0 aliphatic heterocycles. The van der Waals surface area contributed by atoms with Gasteiger partial charge in [0.1, 0.15) is 5.82 Å². The lowest BCUT2D eigenvalue weighted by atomic mass is 10.2. The number of fused-ring (bicyclic) bond motifs is 2. The lowest BCUT2D eigenvalue weighted by Gasteiger charge is -2.00. The molecule has 7 heteroatoms. The highest BCUT2D eigenvalue weighted by Gasteiger charge is 2.15. The van der Waals surface area contributed by atoms with Gasteiger partial charge in [0.05, 0.1) is 39.0 Å². The predicted octanol–water partition coefficient (Wildman–Crippen LogP) is 2.91. The first-order valence-electron chi connectivity index (χ1n) is 7.62. The van der Waals surface area contributed by atoms with Gasteiger partial charge in [-0.15, -0.1) is 0 Å². The number of aromatic nitrogens is 4. The van der Waals surface area contributed by atoms with E-state index in [0.29, 0.717) is 16.2 Å². The number of aryl methyl sites for hydroxylation is 1. The van der Waals surface area contributed by atoms with Crippen molar-refractivity contribution in [3.05, 3.63) is 42.7 Å². The number of sulfone groups is 1. The fraction of sp³-hybridized carbons (Fsp3) is 0.176. The maximum Gasteiger partial charge on any atom is 0.178 e. The largest absolute Gasteiger partial charge is 0.338 e. The highest BCUT2D eigenvalue weighted by Crippen LogP contribution is 2.28. The Labute approximate surface area is 139 Å². The van der Waals surface area contributed by atoms with E-state index in [1.807, 2.05) is 29.8 Å². The van der Waals surface area contributed by atoms with Gasteiger partial charge in [0.15, 0.2) is 9.84 Å². The number of rotatable bonds is 3. The summed E-state index contributed by atoms with van der Waals surface area (Å²) < 4.78 is 26.1. The van der Waals surface area contributed by atoms with Gasteiger partial charge in [0.2, 0.25) is 0 Å². The summed E-state index contributed by atoms with van der Waals surface area (Å²) in [4.78, 5) is 12.6. The number of para-hydroxylation sites is 1. The fourth-order valence-corrected chi connectivity index (χ4v) is 3.73. The molecule has 0 bridgehead atoms. The maximum absolute atomic E-state index is 12.1. The van der Waals surface area contributed by atoms with Crippen molar-refractivity contribution in [3.8, 4) is 11.4 Å². The maximum atomic E-state index is 12.1. The zero-order valence-electron chi connectivity index (χ0n) is 13.3. The Hall–Kier alpha value is -2.67. The van der Waals surface area contributed by atoms with E-state index in [9.17, 15) is 8.42 Å². The van der Waals surface area contributed by atoms with Crippen molar-refractivity contribution in [2.24, 2.45) is 7.05 Å². The van der Waals surface area contributed by atoms with E-state index in [1.54, 1.807) is 31.5 Å². The summed E-state index contributed by atoms with van der Waals surface area (Å²) in [6.45, 7) is 1.64. The molecule has 0 aliphatic carbocycles. The van der Waals surface area contributed by atoms with E-state index in [2.05, 4.69) is 15.0 Å². The molecule has 0 saturated carbocycles. The Kier molecular flexibility index (Phi) is 3.21. The number of hydrogen-bond acceptors (Lipinski definition) is 4. The van der Waals surface area contributed by atoms with E-state index >= 15 is 0 Å². The smallest absolute Gasteiger partial charge is 0.178 e. The van der Waals surface area contributed by atoms with Crippen molar-refractivity contribution in [2.45, 2.75) is 11.8 Å². The average molecular weight is 340 g/mol. The van der Waals surface area contributed by atoms with Crippen molar-refractivity contribution in [2.75, 3.05) is 5.75 Å². The van der Waals surface area contributed by atoms with E-state index in [-0.39, 0.29) is 5.75 Å². The van der Waals surface area contributed by atoms with E-state index in [1.165, 1.54) is 0 Å². The Morgan fingerprint density at radius 3 is 2.83 bits per heavy atom. The molecule has 0 fully saturated rings. The van der Waals surface area contributed by atoms with Gasteiger partial charge >= 0.3 is 0 Å². The summed E-state index contributed by atoms with van der Waals surface area (Å²) in [6, 6.07) is 10.9. The number of nitrogens with one attached hydrogen (secondary N) is 1. The standard InChI is InChI=1S/C17H16N4O2S/c1-3-24(22,23)11-7-8-13-14(9-11)20-17(19-13)12-5-4-6-15-16(12)18-10-21(15)2/h4-10H,3H2,1-2H3,(H,19,20). The fourth-order valence-electron chi connectivity index (χ4n) is 2.83. The van der Waals surface area contributed by atoms with Crippen molar-refractivity contribution in [1.29, 1.82) is 0 Å². The van der Waals surface area contributed by atoms with Crippen LogP contribution in [0.15, 0.2) is 47.6 Å². The molecular weight excluding hydrogens is 324 g/mol. The second kappa shape index (κ2) is 5.17. The van der Waals surface area contributed by atoms with Crippen LogP contribution in [0, 0.1) is 0 Å². The number of imidazole rings is 2. The molecule has 2 aromatic carbocycles. The van der Waals surface area contributed by atoms with Crippen LogP contribution >= 0.6 is 0 Å². The minimum atomic E-state index is -3.24.